The van der Waals surface area contributed by atoms with E-state index in [4.69, 9.17) is 4.74 Å². The number of fused-ring (bicyclic) bond motifs is 1. The predicted molar refractivity (Wildman–Crippen MR) is 99.9 cm³/mol. The van der Waals surface area contributed by atoms with Gasteiger partial charge >= 0.3 is 11.7 Å². The van der Waals surface area contributed by atoms with Gasteiger partial charge in [-0.1, -0.05) is 12.1 Å². The molecule has 0 amide bonds. The zero-order chi connectivity index (χ0) is 18.7. The Balaban J connectivity index is 2.05. The second kappa shape index (κ2) is 7.57. The van der Waals surface area contributed by atoms with Gasteiger partial charge in [0, 0.05) is 23.9 Å². The molecule has 0 bridgehead atoms. The van der Waals surface area contributed by atoms with Gasteiger partial charge in [-0.3, -0.25) is 19.1 Å². The molecule has 8 heteroatoms. The van der Waals surface area contributed by atoms with Crippen LogP contribution in [0.3, 0.4) is 0 Å². The van der Waals surface area contributed by atoms with Crippen LogP contribution in [0.2, 0.25) is 0 Å². The van der Waals surface area contributed by atoms with Gasteiger partial charge in [0.05, 0.1) is 19.6 Å². The minimum absolute atomic E-state index is 0.145. The summed E-state index contributed by atoms with van der Waals surface area (Å²) < 4.78 is 11.0. The maximum absolute atomic E-state index is 12.9. The average molecular weight is 374 g/mol. The Morgan fingerprint density at radius 3 is 2.81 bits per heavy atom. The van der Waals surface area contributed by atoms with Crippen LogP contribution in [0, 0.1) is 0 Å². The minimum atomic E-state index is -0.480. The summed E-state index contributed by atoms with van der Waals surface area (Å²) in [6.45, 7) is 0.145. The summed E-state index contributed by atoms with van der Waals surface area (Å²) in [5.41, 5.74) is 0.729. The van der Waals surface area contributed by atoms with Gasteiger partial charge in [0.2, 0.25) is 0 Å². The fraction of sp³-hybridized carbons (Fsp3) is 0.278. The fourth-order valence-corrected chi connectivity index (χ4v) is 3.69. The number of hydrogen-bond acceptors (Lipinski definition) is 6. The Morgan fingerprint density at radius 1 is 1.27 bits per heavy atom. The average Bonchev–Trinajstić information content (AvgIpc) is 3.08. The molecule has 1 N–H and O–H groups in total. The first-order valence-corrected chi connectivity index (χ1v) is 8.88. The number of hydrogen-bond donors (Lipinski definition) is 1. The van der Waals surface area contributed by atoms with Crippen molar-refractivity contribution in [1.29, 1.82) is 0 Å². The van der Waals surface area contributed by atoms with Crippen molar-refractivity contribution >= 4 is 27.5 Å². The van der Waals surface area contributed by atoms with Crippen molar-refractivity contribution in [2.45, 2.75) is 19.4 Å². The van der Waals surface area contributed by atoms with E-state index in [0.717, 1.165) is 15.7 Å². The third kappa shape index (κ3) is 3.41. The summed E-state index contributed by atoms with van der Waals surface area (Å²) in [7, 11) is 2.88. The topological polar surface area (TPSA) is 90.4 Å². The Kier molecular flexibility index (Phi) is 5.22. The van der Waals surface area contributed by atoms with Crippen LogP contribution in [-0.2, 0) is 16.1 Å². The molecule has 0 saturated heterocycles. The number of ether oxygens (including phenoxy) is 2. The number of carbonyl (C=O) groups excluding carboxylic acids is 1. The maximum atomic E-state index is 12.9. The highest BCUT2D eigenvalue weighted by molar-refractivity contribution is 7.17. The fourth-order valence-electron chi connectivity index (χ4n) is 2.74. The Labute approximate surface area is 152 Å². The van der Waals surface area contributed by atoms with E-state index in [1.54, 1.807) is 7.11 Å². The molecule has 0 spiro atoms. The van der Waals surface area contributed by atoms with Crippen molar-refractivity contribution in [3.63, 3.8) is 0 Å². The second-order valence-corrected chi connectivity index (χ2v) is 6.53. The van der Waals surface area contributed by atoms with Crippen molar-refractivity contribution in [1.82, 2.24) is 9.55 Å². The van der Waals surface area contributed by atoms with Crippen LogP contribution in [0.15, 0.2) is 39.2 Å². The molecule has 2 aromatic heterocycles. The highest BCUT2D eigenvalue weighted by atomic mass is 32.1. The van der Waals surface area contributed by atoms with E-state index in [-0.39, 0.29) is 24.5 Å². The Hall–Kier alpha value is -2.87. The molecule has 2 heterocycles. The molecule has 7 nitrogen and oxygen atoms in total. The van der Waals surface area contributed by atoms with E-state index in [0.29, 0.717) is 22.4 Å². The molecule has 1 aromatic carbocycles. The van der Waals surface area contributed by atoms with Gasteiger partial charge in [-0.25, -0.2) is 4.79 Å². The second-order valence-electron chi connectivity index (χ2n) is 5.65. The first-order valence-electron chi connectivity index (χ1n) is 8.00. The molecule has 0 saturated carbocycles. The van der Waals surface area contributed by atoms with E-state index >= 15 is 0 Å². The first kappa shape index (κ1) is 17.9. The van der Waals surface area contributed by atoms with Crippen LogP contribution in [0.4, 0.5) is 0 Å². The van der Waals surface area contributed by atoms with Crippen molar-refractivity contribution < 1.29 is 14.3 Å². The van der Waals surface area contributed by atoms with E-state index in [1.807, 2.05) is 29.6 Å². The lowest BCUT2D eigenvalue weighted by Gasteiger charge is -2.06. The number of benzene rings is 1. The summed E-state index contributed by atoms with van der Waals surface area (Å²) in [6, 6.07) is 7.40. The van der Waals surface area contributed by atoms with Crippen LogP contribution >= 0.6 is 11.3 Å². The van der Waals surface area contributed by atoms with Crippen LogP contribution in [0.5, 0.6) is 5.75 Å². The number of H-pyrrole nitrogens is 1. The van der Waals surface area contributed by atoms with E-state index in [1.165, 1.54) is 18.4 Å². The van der Waals surface area contributed by atoms with Crippen LogP contribution < -0.4 is 16.0 Å². The Bertz CT molecular complexity index is 1060. The summed E-state index contributed by atoms with van der Waals surface area (Å²) in [6.07, 6.45) is 0.493. The monoisotopic (exact) mass is 374 g/mol. The molecule has 136 valence electrons. The molecule has 0 aliphatic rings. The molecular formula is C18H18N2O5S. The lowest BCUT2D eigenvalue weighted by Crippen LogP contribution is -2.35. The molecule has 0 aliphatic heterocycles. The largest absolute Gasteiger partial charge is 0.497 e. The maximum Gasteiger partial charge on any atom is 0.329 e. The molecule has 0 aliphatic carbocycles. The van der Waals surface area contributed by atoms with Gasteiger partial charge in [0.25, 0.3) is 5.56 Å². The van der Waals surface area contributed by atoms with E-state index in [2.05, 4.69) is 9.72 Å². The number of rotatable bonds is 6. The summed E-state index contributed by atoms with van der Waals surface area (Å²) >= 11 is 1.31. The summed E-state index contributed by atoms with van der Waals surface area (Å²) in [5.74, 6) is 0.313. The van der Waals surface area contributed by atoms with E-state index in [9.17, 15) is 14.4 Å². The number of carbonyl (C=O) groups is 1. The molecule has 0 fully saturated rings. The smallest absolute Gasteiger partial charge is 0.329 e. The van der Waals surface area contributed by atoms with Gasteiger partial charge < -0.3 is 9.47 Å². The lowest BCUT2D eigenvalue weighted by molar-refractivity contribution is -0.140. The van der Waals surface area contributed by atoms with Gasteiger partial charge in [-0.15, -0.1) is 11.3 Å². The number of aromatic amines is 1. The van der Waals surface area contributed by atoms with Gasteiger partial charge in [-0.2, -0.15) is 0 Å². The number of aromatic nitrogens is 2. The van der Waals surface area contributed by atoms with E-state index < -0.39 is 5.69 Å². The molecule has 0 radical (unpaired) electrons. The van der Waals surface area contributed by atoms with Gasteiger partial charge in [0.1, 0.15) is 10.6 Å². The minimum Gasteiger partial charge on any atom is -0.497 e. The van der Waals surface area contributed by atoms with Crippen molar-refractivity contribution in [2.75, 3.05) is 14.2 Å². The van der Waals surface area contributed by atoms with Crippen molar-refractivity contribution in [2.24, 2.45) is 0 Å². The number of methoxy groups -OCH3 is 2. The lowest BCUT2D eigenvalue weighted by atomic mass is 10.1. The predicted octanol–water partition coefficient (Wildman–Crippen LogP) is 2.38. The molecule has 3 rings (SSSR count). The first-order chi connectivity index (χ1) is 12.5. The molecule has 3 aromatic rings. The van der Waals surface area contributed by atoms with Crippen LogP contribution in [0.1, 0.15) is 12.8 Å². The molecule has 26 heavy (non-hydrogen) atoms. The molecule has 0 unspecified atom stereocenters. The summed E-state index contributed by atoms with van der Waals surface area (Å²) in [5, 5.41) is 2.30. The highest BCUT2D eigenvalue weighted by Crippen LogP contribution is 2.32. The normalized spacial score (nSPS) is 10.8. The number of nitrogens with zero attached hydrogens (tertiary/aromatic N) is 1. The zero-order valence-electron chi connectivity index (χ0n) is 14.4. The van der Waals surface area contributed by atoms with Crippen molar-refractivity contribution in [3.8, 4) is 16.9 Å². The highest BCUT2D eigenvalue weighted by Gasteiger charge is 2.15. The van der Waals surface area contributed by atoms with Crippen LogP contribution in [-0.4, -0.2) is 29.7 Å². The number of nitrogens with one attached hydrogen (secondary N) is 1. The van der Waals surface area contributed by atoms with Gasteiger partial charge in [-0.05, 0) is 24.1 Å². The third-order valence-electron chi connectivity index (χ3n) is 4.09. The Morgan fingerprint density at radius 2 is 2.08 bits per heavy atom. The zero-order valence-corrected chi connectivity index (χ0v) is 15.2. The standard InChI is InChI=1S/C18H18N2O5S/c1-24-12-6-3-5-11(9-12)13-10-26-16-15(13)17(22)20(18(23)19-16)8-4-7-14(21)25-2/h3,5-6,9-10H,4,7-8H2,1-2H3,(H,19,23). The third-order valence-corrected chi connectivity index (χ3v) is 4.98. The van der Waals surface area contributed by atoms with Crippen molar-refractivity contribution in [3.05, 3.63) is 50.5 Å². The molecular weight excluding hydrogens is 356 g/mol. The summed E-state index contributed by atoms with van der Waals surface area (Å²) in [4.78, 5) is 39.6. The SMILES string of the molecule is COC(=O)CCCn1c(=O)[nH]c2scc(-c3cccc(OC)c3)c2c1=O. The quantitative estimate of drug-likeness (QED) is 0.669. The van der Waals surface area contributed by atoms with Gasteiger partial charge in [0.15, 0.2) is 0 Å². The molecule has 0 atom stereocenters. The number of esters is 1. The van der Waals surface area contributed by atoms with Crippen LogP contribution in [0.25, 0.3) is 21.3 Å². The number of thiophene rings is 1.